The van der Waals surface area contributed by atoms with Crippen molar-refractivity contribution in [1.29, 1.82) is 0 Å². The van der Waals surface area contributed by atoms with Gasteiger partial charge in [-0.3, -0.25) is 0 Å². The maximum atomic E-state index is 2.43. The molecule has 0 atom stereocenters. The molecule has 0 fully saturated rings. The Morgan fingerprint density at radius 1 is 0.875 bits per heavy atom. The van der Waals surface area contributed by atoms with Gasteiger partial charge in [0.2, 0.25) is 11.2 Å². The summed E-state index contributed by atoms with van der Waals surface area (Å²) in [4.78, 5) is 0. The van der Waals surface area contributed by atoms with Crippen molar-refractivity contribution in [2.24, 2.45) is 7.05 Å². The molecule has 1 aliphatic rings. The Hall–Kier alpha value is -2.15. The van der Waals surface area contributed by atoms with E-state index >= 15 is 0 Å². The molecular weight excluding hydrogens is 290 g/mol. The predicted molar refractivity (Wildman–Crippen MR) is 101 cm³/mol. The molecule has 0 spiro atoms. The molecule has 1 nitrogen and oxygen atoms in total. The lowest BCUT2D eigenvalue weighted by Gasteiger charge is -2.21. The van der Waals surface area contributed by atoms with Crippen molar-refractivity contribution in [3.05, 3.63) is 64.2 Å². The van der Waals surface area contributed by atoms with E-state index in [-0.39, 0.29) is 0 Å². The Bertz CT molecular complexity index is 950. The Kier molecular flexibility index (Phi) is 3.68. The first-order valence-electron chi connectivity index (χ1n) is 9.08. The standard InChI is InChI=1S/C23H26N/c1-15-13-16(2)17(3)21(14-15)23-20-11-6-5-9-18(20)19-10-7-8-12-22(19)24(23)4/h7-8,10,12-14H,5-6,9,11H2,1-4H3/q+1. The molecule has 0 saturated carbocycles. The fourth-order valence-electron chi connectivity index (χ4n) is 4.44. The molecule has 1 aromatic heterocycles. The molecule has 1 aliphatic carbocycles. The van der Waals surface area contributed by atoms with Gasteiger partial charge in [-0.25, -0.2) is 0 Å². The number of aromatic nitrogens is 1. The summed E-state index contributed by atoms with van der Waals surface area (Å²) >= 11 is 0. The molecule has 2 aromatic carbocycles. The van der Waals surface area contributed by atoms with E-state index in [1.54, 1.807) is 11.1 Å². The quantitative estimate of drug-likeness (QED) is 0.548. The molecule has 122 valence electrons. The molecule has 3 aromatic rings. The number of benzene rings is 2. The number of pyridine rings is 1. The lowest BCUT2D eigenvalue weighted by atomic mass is 9.84. The van der Waals surface area contributed by atoms with Gasteiger partial charge in [0.15, 0.2) is 0 Å². The summed E-state index contributed by atoms with van der Waals surface area (Å²) < 4.78 is 2.43. The highest BCUT2D eigenvalue weighted by Gasteiger charge is 2.27. The number of nitrogens with zero attached hydrogens (tertiary/aromatic N) is 1. The fraction of sp³-hybridized carbons (Fsp3) is 0.348. The Morgan fingerprint density at radius 3 is 2.38 bits per heavy atom. The van der Waals surface area contributed by atoms with Gasteiger partial charge >= 0.3 is 0 Å². The molecule has 0 N–H and O–H groups in total. The van der Waals surface area contributed by atoms with Gasteiger partial charge in [0.05, 0.1) is 0 Å². The van der Waals surface area contributed by atoms with Crippen LogP contribution in [-0.2, 0) is 19.9 Å². The maximum Gasteiger partial charge on any atom is 0.216 e. The van der Waals surface area contributed by atoms with Gasteiger partial charge in [0, 0.05) is 22.6 Å². The first-order valence-corrected chi connectivity index (χ1v) is 9.08. The second kappa shape index (κ2) is 5.73. The third-order valence-electron chi connectivity index (χ3n) is 5.75. The SMILES string of the molecule is Cc1cc(C)c(C)c(-c2c3c(c4ccccc4[n+]2C)CCCC3)c1. The van der Waals surface area contributed by atoms with E-state index in [1.807, 2.05) is 0 Å². The summed E-state index contributed by atoms with van der Waals surface area (Å²) in [5.74, 6) is 0. The number of hydrogen-bond donors (Lipinski definition) is 0. The molecular formula is C23H26N+. The van der Waals surface area contributed by atoms with E-state index < -0.39 is 0 Å². The van der Waals surface area contributed by atoms with Crippen LogP contribution >= 0.6 is 0 Å². The highest BCUT2D eigenvalue weighted by atomic mass is 14.9. The largest absolute Gasteiger partial charge is 0.216 e. The van der Waals surface area contributed by atoms with Crippen molar-refractivity contribution >= 4 is 10.9 Å². The maximum absolute atomic E-state index is 2.43. The topological polar surface area (TPSA) is 3.88 Å². The molecule has 4 rings (SSSR count). The van der Waals surface area contributed by atoms with Crippen molar-refractivity contribution in [3.63, 3.8) is 0 Å². The van der Waals surface area contributed by atoms with Crippen molar-refractivity contribution in [1.82, 2.24) is 0 Å². The lowest BCUT2D eigenvalue weighted by molar-refractivity contribution is -0.634. The molecule has 0 bridgehead atoms. The first kappa shape index (κ1) is 15.4. The fourth-order valence-corrected chi connectivity index (χ4v) is 4.44. The van der Waals surface area contributed by atoms with Crippen LogP contribution < -0.4 is 4.57 Å². The zero-order chi connectivity index (χ0) is 16.8. The summed E-state index contributed by atoms with van der Waals surface area (Å²) in [6.07, 6.45) is 5.04. The van der Waals surface area contributed by atoms with Crippen LogP contribution in [0.2, 0.25) is 0 Å². The molecule has 0 aliphatic heterocycles. The third-order valence-corrected chi connectivity index (χ3v) is 5.75. The van der Waals surface area contributed by atoms with Crippen LogP contribution in [0.1, 0.15) is 40.7 Å². The second-order valence-electron chi connectivity index (χ2n) is 7.34. The van der Waals surface area contributed by atoms with E-state index in [4.69, 9.17) is 0 Å². The predicted octanol–water partition coefficient (Wildman–Crippen LogP) is 5.14. The Morgan fingerprint density at radius 2 is 1.58 bits per heavy atom. The minimum absolute atomic E-state index is 1.20. The van der Waals surface area contributed by atoms with Crippen LogP contribution in [-0.4, -0.2) is 0 Å². The highest BCUT2D eigenvalue weighted by Crippen LogP contribution is 2.35. The van der Waals surface area contributed by atoms with Crippen molar-refractivity contribution in [3.8, 4) is 11.3 Å². The van der Waals surface area contributed by atoms with E-state index in [9.17, 15) is 0 Å². The number of rotatable bonds is 1. The zero-order valence-electron chi connectivity index (χ0n) is 15.2. The van der Waals surface area contributed by atoms with Gasteiger partial charge in [-0.2, -0.15) is 4.57 Å². The molecule has 24 heavy (non-hydrogen) atoms. The van der Waals surface area contributed by atoms with E-state index in [2.05, 4.69) is 68.8 Å². The normalized spacial score (nSPS) is 14.0. The third kappa shape index (κ3) is 2.26. The van der Waals surface area contributed by atoms with Crippen LogP contribution in [0.15, 0.2) is 36.4 Å². The molecule has 1 heteroatoms. The molecule has 0 radical (unpaired) electrons. The highest BCUT2D eigenvalue weighted by molar-refractivity contribution is 5.84. The molecule has 0 amide bonds. The lowest BCUT2D eigenvalue weighted by Crippen LogP contribution is -2.35. The van der Waals surface area contributed by atoms with Gasteiger partial charge in [-0.05, 0) is 75.3 Å². The van der Waals surface area contributed by atoms with Gasteiger partial charge in [0.25, 0.3) is 0 Å². The van der Waals surface area contributed by atoms with Crippen LogP contribution in [0.4, 0.5) is 0 Å². The van der Waals surface area contributed by atoms with Crippen LogP contribution in [0.3, 0.4) is 0 Å². The van der Waals surface area contributed by atoms with Crippen molar-refractivity contribution in [2.45, 2.75) is 46.5 Å². The summed E-state index contributed by atoms with van der Waals surface area (Å²) in [5, 5.41) is 1.44. The zero-order valence-corrected chi connectivity index (χ0v) is 15.2. The summed E-state index contributed by atoms with van der Waals surface area (Å²) in [6.45, 7) is 6.72. The van der Waals surface area contributed by atoms with Gasteiger partial charge in [0.1, 0.15) is 7.05 Å². The molecule has 0 unspecified atom stereocenters. The van der Waals surface area contributed by atoms with Crippen LogP contribution in [0.25, 0.3) is 22.2 Å². The number of para-hydroxylation sites is 1. The van der Waals surface area contributed by atoms with E-state index in [0.29, 0.717) is 0 Å². The van der Waals surface area contributed by atoms with Gasteiger partial charge < -0.3 is 0 Å². The smallest absolute Gasteiger partial charge is 0.194 e. The minimum Gasteiger partial charge on any atom is -0.194 e. The summed E-state index contributed by atoms with van der Waals surface area (Å²) in [6, 6.07) is 13.6. The van der Waals surface area contributed by atoms with Crippen molar-refractivity contribution in [2.75, 3.05) is 0 Å². The van der Waals surface area contributed by atoms with Crippen LogP contribution in [0.5, 0.6) is 0 Å². The van der Waals surface area contributed by atoms with Gasteiger partial charge in [-0.15, -0.1) is 0 Å². The number of hydrogen-bond acceptors (Lipinski definition) is 0. The monoisotopic (exact) mass is 316 g/mol. The van der Waals surface area contributed by atoms with Crippen molar-refractivity contribution < 1.29 is 4.57 Å². The minimum atomic E-state index is 1.20. The first-order chi connectivity index (χ1) is 11.6. The average Bonchev–Trinajstić information content (AvgIpc) is 2.59. The van der Waals surface area contributed by atoms with E-state index in [1.165, 1.54) is 64.5 Å². The van der Waals surface area contributed by atoms with Crippen LogP contribution in [0, 0.1) is 20.8 Å². The number of fused-ring (bicyclic) bond motifs is 3. The van der Waals surface area contributed by atoms with Gasteiger partial charge in [-0.1, -0.05) is 23.8 Å². The average molecular weight is 316 g/mol. The summed E-state index contributed by atoms with van der Waals surface area (Å²) in [5.41, 5.74) is 11.5. The Balaban J connectivity index is 2.15. The number of aryl methyl sites for hydroxylation is 4. The molecule has 0 saturated heterocycles. The van der Waals surface area contributed by atoms with E-state index in [0.717, 1.165) is 0 Å². The molecule has 1 heterocycles. The Labute approximate surface area is 145 Å². The second-order valence-corrected chi connectivity index (χ2v) is 7.34. The summed E-state index contributed by atoms with van der Waals surface area (Å²) in [7, 11) is 2.24.